The van der Waals surface area contributed by atoms with Gasteiger partial charge in [-0.25, -0.2) is 4.79 Å². The maximum atomic E-state index is 12.7. The van der Waals surface area contributed by atoms with Crippen molar-refractivity contribution < 1.29 is 14.3 Å². The number of rotatable bonds is 3. The zero-order valence-electron chi connectivity index (χ0n) is 16.3. The summed E-state index contributed by atoms with van der Waals surface area (Å²) in [5, 5.41) is 0. The Morgan fingerprint density at radius 1 is 1.35 bits per heavy atom. The average molecular weight is 363 g/mol. The molecule has 1 aliphatic rings. The topological polar surface area (TPSA) is 71.8 Å². The van der Waals surface area contributed by atoms with Crippen molar-refractivity contribution in [3.8, 4) is 0 Å². The van der Waals surface area contributed by atoms with Crippen LogP contribution in [0.15, 0.2) is 23.1 Å². The highest BCUT2D eigenvalue weighted by atomic mass is 16.6. The Kier molecular flexibility index (Phi) is 6.10. The van der Waals surface area contributed by atoms with Gasteiger partial charge < -0.3 is 19.1 Å². The second-order valence-electron chi connectivity index (χ2n) is 7.98. The van der Waals surface area contributed by atoms with E-state index in [0.717, 1.165) is 12.8 Å². The number of ether oxygens (including phenoxy) is 1. The Labute approximate surface area is 154 Å². The number of aromatic nitrogens is 1. The van der Waals surface area contributed by atoms with Gasteiger partial charge in [-0.1, -0.05) is 0 Å². The van der Waals surface area contributed by atoms with Crippen LogP contribution in [-0.4, -0.2) is 58.7 Å². The van der Waals surface area contributed by atoms with Gasteiger partial charge in [0.15, 0.2) is 0 Å². The molecule has 0 radical (unpaired) electrons. The lowest BCUT2D eigenvalue weighted by Gasteiger charge is -2.35. The van der Waals surface area contributed by atoms with Gasteiger partial charge in [0.05, 0.1) is 0 Å². The average Bonchev–Trinajstić information content (AvgIpc) is 2.55. The number of nitrogens with zero attached hydrogens (tertiary/aromatic N) is 3. The highest BCUT2D eigenvalue weighted by Crippen LogP contribution is 2.20. The van der Waals surface area contributed by atoms with Crippen molar-refractivity contribution in [2.24, 2.45) is 13.0 Å². The summed E-state index contributed by atoms with van der Waals surface area (Å²) in [6.45, 7) is 7.29. The van der Waals surface area contributed by atoms with Crippen LogP contribution < -0.4 is 5.56 Å². The van der Waals surface area contributed by atoms with E-state index in [1.807, 2.05) is 20.8 Å². The molecule has 0 aliphatic carbocycles. The van der Waals surface area contributed by atoms with Crippen molar-refractivity contribution in [3.05, 3.63) is 34.2 Å². The van der Waals surface area contributed by atoms with Gasteiger partial charge in [-0.3, -0.25) is 9.59 Å². The van der Waals surface area contributed by atoms with Crippen LogP contribution in [0.3, 0.4) is 0 Å². The number of hydrogen-bond donors (Lipinski definition) is 0. The zero-order chi connectivity index (χ0) is 19.5. The summed E-state index contributed by atoms with van der Waals surface area (Å²) in [5.74, 6) is 0.0593. The molecule has 0 saturated carbocycles. The molecular weight excluding hydrogens is 334 g/mol. The molecule has 2 rings (SSSR count). The van der Waals surface area contributed by atoms with Crippen LogP contribution in [-0.2, 0) is 11.8 Å². The predicted octanol–water partition coefficient (Wildman–Crippen LogP) is 2.10. The van der Waals surface area contributed by atoms with Crippen molar-refractivity contribution in [2.45, 2.75) is 39.2 Å². The van der Waals surface area contributed by atoms with Gasteiger partial charge in [0.25, 0.3) is 11.5 Å². The number of aryl methyl sites for hydroxylation is 1. The van der Waals surface area contributed by atoms with Crippen LogP contribution in [0.25, 0.3) is 0 Å². The first-order chi connectivity index (χ1) is 12.1. The smallest absolute Gasteiger partial charge is 0.410 e. The van der Waals surface area contributed by atoms with Crippen molar-refractivity contribution in [1.82, 2.24) is 14.4 Å². The minimum absolute atomic E-state index is 0.132. The molecule has 1 atom stereocenters. The molecule has 0 bridgehead atoms. The van der Waals surface area contributed by atoms with E-state index in [4.69, 9.17) is 4.74 Å². The number of hydrogen-bond acceptors (Lipinski definition) is 4. The first-order valence-electron chi connectivity index (χ1n) is 8.97. The van der Waals surface area contributed by atoms with Gasteiger partial charge >= 0.3 is 6.09 Å². The number of likely N-dealkylation sites (tertiary alicyclic amines) is 1. The molecule has 0 N–H and O–H groups in total. The van der Waals surface area contributed by atoms with Crippen LogP contribution in [0, 0.1) is 5.92 Å². The third-order valence-corrected chi connectivity index (χ3v) is 4.39. The number of carbonyl (C=O) groups excluding carboxylic acids is 2. The molecule has 1 aliphatic heterocycles. The molecule has 2 heterocycles. The molecule has 144 valence electrons. The normalized spacial score (nSPS) is 17.7. The van der Waals surface area contributed by atoms with Crippen LogP contribution in [0.1, 0.15) is 44.0 Å². The van der Waals surface area contributed by atoms with Crippen molar-refractivity contribution in [3.63, 3.8) is 0 Å². The van der Waals surface area contributed by atoms with Crippen molar-refractivity contribution in [2.75, 3.05) is 26.7 Å². The minimum atomic E-state index is -0.528. The summed E-state index contributed by atoms with van der Waals surface area (Å²) >= 11 is 0. The lowest BCUT2D eigenvalue weighted by atomic mass is 9.97. The first kappa shape index (κ1) is 20.0. The van der Waals surface area contributed by atoms with Crippen LogP contribution in [0.2, 0.25) is 0 Å². The quantitative estimate of drug-likeness (QED) is 0.824. The highest BCUT2D eigenvalue weighted by Gasteiger charge is 2.28. The van der Waals surface area contributed by atoms with E-state index in [1.165, 1.54) is 10.6 Å². The molecule has 7 nitrogen and oxygen atoms in total. The molecule has 1 unspecified atom stereocenters. The van der Waals surface area contributed by atoms with Gasteiger partial charge in [-0.2, -0.15) is 0 Å². The summed E-state index contributed by atoms with van der Waals surface area (Å²) in [6.07, 6.45) is 3.08. The second-order valence-corrected chi connectivity index (χ2v) is 7.98. The third-order valence-electron chi connectivity index (χ3n) is 4.39. The van der Waals surface area contributed by atoms with E-state index in [1.54, 1.807) is 36.2 Å². The fourth-order valence-electron chi connectivity index (χ4n) is 3.06. The molecule has 1 aromatic heterocycles. The van der Waals surface area contributed by atoms with Gasteiger partial charge in [0.2, 0.25) is 0 Å². The molecule has 2 amide bonds. The first-order valence-corrected chi connectivity index (χ1v) is 8.97. The van der Waals surface area contributed by atoms with Gasteiger partial charge in [0, 0.05) is 51.6 Å². The number of piperidine rings is 1. The van der Waals surface area contributed by atoms with E-state index in [2.05, 4.69) is 0 Å². The lowest BCUT2D eigenvalue weighted by molar-refractivity contribution is 0.0244. The summed E-state index contributed by atoms with van der Waals surface area (Å²) < 4.78 is 6.81. The van der Waals surface area contributed by atoms with Gasteiger partial charge in [-0.05, 0) is 45.6 Å². The van der Waals surface area contributed by atoms with E-state index < -0.39 is 5.60 Å². The van der Waals surface area contributed by atoms with Crippen LogP contribution in [0.4, 0.5) is 4.79 Å². The number of amides is 2. The number of carbonyl (C=O) groups is 2. The van der Waals surface area contributed by atoms with E-state index in [9.17, 15) is 14.4 Å². The maximum Gasteiger partial charge on any atom is 0.410 e. The summed E-state index contributed by atoms with van der Waals surface area (Å²) in [7, 11) is 3.37. The Bertz CT molecular complexity index is 720. The standard InChI is InChI=1S/C19H29N3O4/c1-19(2,3)26-18(25)21(5)12-14-7-6-9-22(13-14)17(24)15-8-10-20(4)16(23)11-15/h8,10-11,14H,6-7,9,12-13H2,1-5H3. The summed E-state index contributed by atoms with van der Waals surface area (Å²) in [4.78, 5) is 39.9. The monoisotopic (exact) mass is 363 g/mol. The van der Waals surface area contributed by atoms with E-state index in [-0.39, 0.29) is 23.5 Å². The van der Waals surface area contributed by atoms with Gasteiger partial charge in [0.1, 0.15) is 5.60 Å². The maximum absolute atomic E-state index is 12.7. The fraction of sp³-hybridized carbons (Fsp3) is 0.632. The molecule has 0 aromatic carbocycles. The third kappa shape index (κ3) is 5.34. The molecule has 7 heteroatoms. The Morgan fingerprint density at radius 3 is 2.65 bits per heavy atom. The van der Waals surface area contributed by atoms with Crippen molar-refractivity contribution >= 4 is 12.0 Å². The molecule has 26 heavy (non-hydrogen) atoms. The van der Waals surface area contributed by atoms with Crippen LogP contribution in [0.5, 0.6) is 0 Å². The molecular formula is C19H29N3O4. The van der Waals surface area contributed by atoms with Crippen LogP contribution >= 0.6 is 0 Å². The van der Waals surface area contributed by atoms with E-state index in [0.29, 0.717) is 25.2 Å². The minimum Gasteiger partial charge on any atom is -0.444 e. The molecule has 1 saturated heterocycles. The molecule has 1 aromatic rings. The highest BCUT2D eigenvalue weighted by molar-refractivity contribution is 5.94. The number of pyridine rings is 1. The lowest BCUT2D eigenvalue weighted by Crippen LogP contribution is -2.45. The van der Waals surface area contributed by atoms with Gasteiger partial charge in [-0.15, -0.1) is 0 Å². The Hall–Kier alpha value is -2.31. The molecule has 1 fully saturated rings. The largest absolute Gasteiger partial charge is 0.444 e. The summed E-state index contributed by atoms with van der Waals surface area (Å²) in [6, 6.07) is 3.04. The zero-order valence-corrected chi connectivity index (χ0v) is 16.3. The SMILES string of the molecule is CN(CC1CCCN(C(=O)c2ccn(C)c(=O)c2)C1)C(=O)OC(C)(C)C. The predicted molar refractivity (Wildman–Crippen MR) is 99.2 cm³/mol. The summed E-state index contributed by atoms with van der Waals surface area (Å²) in [5.41, 5.74) is -0.317. The molecule has 0 spiro atoms. The fourth-order valence-corrected chi connectivity index (χ4v) is 3.06. The Balaban J connectivity index is 1.98. The second kappa shape index (κ2) is 7.93. The van der Waals surface area contributed by atoms with E-state index >= 15 is 0 Å². The Morgan fingerprint density at radius 2 is 2.04 bits per heavy atom. The van der Waals surface area contributed by atoms with Crippen molar-refractivity contribution in [1.29, 1.82) is 0 Å².